The summed E-state index contributed by atoms with van der Waals surface area (Å²) in [5.41, 5.74) is 6.27. The lowest BCUT2D eigenvalue weighted by Gasteiger charge is -2.14. The second-order valence-corrected chi connectivity index (χ2v) is 7.01. The summed E-state index contributed by atoms with van der Waals surface area (Å²) in [6.45, 7) is 0.481. The summed E-state index contributed by atoms with van der Waals surface area (Å²) in [7, 11) is 0. The monoisotopic (exact) mass is 394 g/mol. The molecule has 1 aliphatic rings. The van der Waals surface area contributed by atoms with E-state index < -0.39 is 6.09 Å². The lowest BCUT2D eigenvalue weighted by Crippen LogP contribution is -2.26. The molecule has 0 aliphatic heterocycles. The molecule has 0 bridgehead atoms. The maximum Gasteiger partial charge on any atom is 0.407 e. The van der Waals surface area contributed by atoms with Crippen LogP contribution in [0.4, 0.5) is 4.79 Å². The van der Waals surface area contributed by atoms with Gasteiger partial charge in [-0.2, -0.15) is 5.10 Å². The fraction of sp³-hybridized carbons (Fsp3) is 0.125. The number of aromatic nitrogens is 3. The molecule has 1 amide bonds. The molecule has 0 saturated heterocycles. The van der Waals surface area contributed by atoms with Crippen molar-refractivity contribution in [1.29, 1.82) is 0 Å². The molecule has 0 unspecified atom stereocenters. The van der Waals surface area contributed by atoms with Crippen LogP contribution in [-0.4, -0.2) is 34.4 Å². The number of ether oxygens (including phenoxy) is 1. The Hall–Kier alpha value is -4.11. The number of nitrogens with zero attached hydrogens (tertiary/aromatic N) is 2. The minimum atomic E-state index is -0.477. The largest absolute Gasteiger partial charge is 0.449 e. The zero-order valence-corrected chi connectivity index (χ0v) is 16.1. The number of aromatic amines is 1. The summed E-state index contributed by atoms with van der Waals surface area (Å²) in [5.74, 6) is 5.94. The average Bonchev–Trinajstić information content (AvgIpc) is 3.37. The highest BCUT2D eigenvalue weighted by atomic mass is 16.5. The third kappa shape index (κ3) is 3.38. The van der Waals surface area contributed by atoms with Gasteiger partial charge in [0.05, 0.1) is 12.7 Å². The molecular weight excluding hydrogens is 376 g/mol. The van der Waals surface area contributed by atoms with Crippen molar-refractivity contribution in [3.8, 4) is 23.0 Å². The Labute approximate surface area is 173 Å². The van der Waals surface area contributed by atoms with Crippen molar-refractivity contribution in [2.45, 2.75) is 5.92 Å². The number of amides is 1. The minimum Gasteiger partial charge on any atom is -0.449 e. The summed E-state index contributed by atoms with van der Waals surface area (Å²) < 4.78 is 5.50. The number of carbonyl (C=O) groups is 1. The van der Waals surface area contributed by atoms with E-state index in [0.717, 1.165) is 16.6 Å². The van der Waals surface area contributed by atoms with Gasteiger partial charge in [-0.25, -0.2) is 9.78 Å². The molecule has 30 heavy (non-hydrogen) atoms. The smallest absolute Gasteiger partial charge is 0.407 e. The van der Waals surface area contributed by atoms with Gasteiger partial charge in [-0.05, 0) is 28.3 Å². The van der Waals surface area contributed by atoms with Crippen molar-refractivity contribution in [3.63, 3.8) is 0 Å². The highest BCUT2D eigenvalue weighted by Gasteiger charge is 2.28. The van der Waals surface area contributed by atoms with Crippen LogP contribution in [0.1, 0.15) is 22.6 Å². The Bertz CT molecular complexity index is 1250. The highest BCUT2D eigenvalue weighted by Crippen LogP contribution is 2.44. The predicted octanol–water partition coefficient (Wildman–Crippen LogP) is 3.85. The molecule has 2 aromatic carbocycles. The number of alkyl carbamates (subject to hydrolysis) is 1. The van der Waals surface area contributed by atoms with Crippen LogP contribution in [-0.2, 0) is 4.74 Å². The molecule has 0 fully saturated rings. The number of rotatable bonds is 3. The molecule has 4 aromatic rings. The molecule has 2 aromatic heterocycles. The van der Waals surface area contributed by atoms with E-state index in [1.54, 1.807) is 12.4 Å². The number of carbonyl (C=O) groups excluding carboxylic acids is 1. The first-order chi connectivity index (χ1) is 14.8. The molecule has 0 radical (unpaired) electrons. The van der Waals surface area contributed by atoms with Crippen molar-refractivity contribution < 1.29 is 9.53 Å². The van der Waals surface area contributed by atoms with E-state index in [1.807, 2.05) is 30.3 Å². The number of pyridine rings is 1. The topological polar surface area (TPSA) is 79.9 Å². The molecule has 1 aliphatic carbocycles. The maximum absolute atomic E-state index is 12.1. The molecule has 6 nitrogen and oxygen atoms in total. The first kappa shape index (κ1) is 18.0. The highest BCUT2D eigenvalue weighted by molar-refractivity contribution is 5.79. The summed E-state index contributed by atoms with van der Waals surface area (Å²) in [4.78, 5) is 16.4. The average molecular weight is 394 g/mol. The zero-order valence-electron chi connectivity index (χ0n) is 16.1. The standard InChI is InChI=1S/C24H18N4O2/c29-24(25-11-5-6-16-12-17-14-27-28-23(17)26-13-16)30-15-22-20-9-3-1-7-18(20)19-8-2-4-10-21(19)22/h1-4,7-10,12-14,22H,11,15H2,(H,25,29)(H,26,27,28). The van der Waals surface area contributed by atoms with Crippen LogP contribution in [0.25, 0.3) is 22.2 Å². The van der Waals surface area contributed by atoms with Crippen molar-refractivity contribution in [3.05, 3.63) is 83.7 Å². The summed E-state index contributed by atoms with van der Waals surface area (Å²) in [6.07, 6.45) is 2.89. The quantitative estimate of drug-likeness (QED) is 0.517. The first-order valence-electron chi connectivity index (χ1n) is 9.66. The van der Waals surface area contributed by atoms with Crippen molar-refractivity contribution in [2.24, 2.45) is 0 Å². The van der Waals surface area contributed by atoms with Crippen LogP contribution < -0.4 is 5.32 Å². The SMILES string of the molecule is O=C(NCC#Cc1cnc2[nH]ncc2c1)OCC1c2ccccc2-c2ccccc21. The predicted molar refractivity (Wildman–Crippen MR) is 114 cm³/mol. The first-order valence-corrected chi connectivity index (χ1v) is 9.66. The van der Waals surface area contributed by atoms with Crippen LogP contribution in [0.2, 0.25) is 0 Å². The summed E-state index contributed by atoms with van der Waals surface area (Å²) in [5, 5.41) is 10.3. The Kier molecular flexibility index (Phi) is 4.62. The van der Waals surface area contributed by atoms with E-state index in [-0.39, 0.29) is 19.1 Å². The third-order valence-electron chi connectivity index (χ3n) is 5.19. The zero-order chi connectivity index (χ0) is 20.3. The van der Waals surface area contributed by atoms with Gasteiger partial charge >= 0.3 is 6.09 Å². The van der Waals surface area contributed by atoms with Gasteiger partial charge in [0.15, 0.2) is 5.65 Å². The van der Waals surface area contributed by atoms with E-state index in [4.69, 9.17) is 4.74 Å². The van der Waals surface area contributed by atoms with Gasteiger partial charge in [0.25, 0.3) is 0 Å². The van der Waals surface area contributed by atoms with Gasteiger partial charge in [-0.15, -0.1) is 0 Å². The number of H-pyrrole nitrogens is 1. The lowest BCUT2D eigenvalue weighted by molar-refractivity contribution is 0.144. The Morgan fingerprint density at radius 2 is 1.80 bits per heavy atom. The van der Waals surface area contributed by atoms with Gasteiger partial charge in [0.2, 0.25) is 0 Å². The number of nitrogens with one attached hydrogen (secondary N) is 2. The van der Waals surface area contributed by atoms with Crippen LogP contribution in [0.15, 0.2) is 67.0 Å². The van der Waals surface area contributed by atoms with Gasteiger partial charge in [-0.1, -0.05) is 60.4 Å². The van der Waals surface area contributed by atoms with E-state index >= 15 is 0 Å². The second kappa shape index (κ2) is 7.72. The molecule has 0 saturated carbocycles. The molecule has 6 heteroatoms. The lowest BCUT2D eigenvalue weighted by atomic mass is 9.98. The van der Waals surface area contributed by atoms with Gasteiger partial charge in [-0.3, -0.25) is 5.10 Å². The number of hydrogen-bond donors (Lipinski definition) is 2. The molecule has 146 valence electrons. The Balaban J connectivity index is 1.19. The fourth-order valence-corrected chi connectivity index (χ4v) is 3.82. The summed E-state index contributed by atoms with van der Waals surface area (Å²) >= 11 is 0. The summed E-state index contributed by atoms with van der Waals surface area (Å²) in [6, 6.07) is 18.4. The number of benzene rings is 2. The second-order valence-electron chi connectivity index (χ2n) is 7.01. The molecule has 2 N–H and O–H groups in total. The molecule has 5 rings (SSSR count). The minimum absolute atomic E-state index is 0.0435. The van der Waals surface area contributed by atoms with Gasteiger partial charge in [0, 0.05) is 23.1 Å². The molecular formula is C24H18N4O2. The van der Waals surface area contributed by atoms with E-state index in [1.165, 1.54) is 22.3 Å². The molecule has 0 atom stereocenters. The van der Waals surface area contributed by atoms with Crippen LogP contribution >= 0.6 is 0 Å². The van der Waals surface area contributed by atoms with E-state index in [9.17, 15) is 4.79 Å². The Morgan fingerprint density at radius 1 is 1.07 bits per heavy atom. The van der Waals surface area contributed by atoms with Gasteiger partial charge in [0.1, 0.15) is 6.61 Å². The van der Waals surface area contributed by atoms with Crippen LogP contribution in [0, 0.1) is 11.8 Å². The normalized spacial score (nSPS) is 12.0. The van der Waals surface area contributed by atoms with Crippen LogP contribution in [0.5, 0.6) is 0 Å². The van der Waals surface area contributed by atoms with Crippen molar-refractivity contribution >= 4 is 17.1 Å². The van der Waals surface area contributed by atoms with E-state index in [2.05, 4.69) is 56.6 Å². The van der Waals surface area contributed by atoms with Crippen molar-refractivity contribution in [1.82, 2.24) is 20.5 Å². The van der Waals surface area contributed by atoms with Crippen LogP contribution in [0.3, 0.4) is 0 Å². The molecule has 2 heterocycles. The van der Waals surface area contributed by atoms with Crippen molar-refractivity contribution in [2.75, 3.05) is 13.2 Å². The van der Waals surface area contributed by atoms with E-state index in [0.29, 0.717) is 0 Å². The third-order valence-corrected chi connectivity index (χ3v) is 5.19. The van der Waals surface area contributed by atoms with Gasteiger partial charge < -0.3 is 10.1 Å². The maximum atomic E-state index is 12.1. The fourth-order valence-electron chi connectivity index (χ4n) is 3.82. The number of hydrogen-bond acceptors (Lipinski definition) is 4. The Morgan fingerprint density at radius 3 is 2.57 bits per heavy atom. The number of fused-ring (bicyclic) bond motifs is 4. The molecule has 0 spiro atoms.